The van der Waals surface area contributed by atoms with Crippen LogP contribution in [-0.4, -0.2) is 15.0 Å². The van der Waals surface area contributed by atoms with Gasteiger partial charge in [-0.05, 0) is 29.8 Å². The molecule has 0 bridgehead atoms. The molecule has 0 unspecified atom stereocenters. The highest BCUT2D eigenvalue weighted by molar-refractivity contribution is 6.32. The minimum atomic E-state index is 0.367. The second kappa shape index (κ2) is 5.16. The largest absolute Gasteiger partial charge is 0.202 e. The Balaban J connectivity index is 2.16. The zero-order valence-corrected chi connectivity index (χ0v) is 11.1. The second-order valence-electron chi connectivity index (χ2n) is 4.15. The normalized spacial score (nSPS) is 11.5. The maximum atomic E-state index is 9.36. The average Bonchev–Trinajstić information content (AvgIpc) is 2.90. The Morgan fingerprint density at radius 1 is 1.15 bits per heavy atom. The molecule has 1 aromatic heterocycles. The minimum Gasteiger partial charge on any atom is -0.202 e. The molecule has 0 atom stereocenters. The van der Waals surface area contributed by atoms with Crippen molar-refractivity contribution in [1.82, 2.24) is 15.0 Å². The van der Waals surface area contributed by atoms with Crippen LogP contribution in [0.1, 0.15) is 5.56 Å². The Morgan fingerprint density at radius 2 is 1.90 bits per heavy atom. The number of benzene rings is 2. The van der Waals surface area contributed by atoms with Gasteiger partial charge in [0, 0.05) is 5.02 Å². The molecule has 2 aromatic carbocycles. The van der Waals surface area contributed by atoms with Gasteiger partial charge in [0.25, 0.3) is 0 Å². The van der Waals surface area contributed by atoms with E-state index >= 15 is 0 Å². The van der Waals surface area contributed by atoms with Crippen LogP contribution in [0, 0.1) is 11.3 Å². The van der Waals surface area contributed by atoms with Gasteiger partial charge in [-0.15, -0.1) is 5.10 Å². The van der Waals surface area contributed by atoms with Gasteiger partial charge in [0.1, 0.15) is 17.3 Å². The van der Waals surface area contributed by atoms with Crippen LogP contribution >= 0.6 is 11.6 Å². The van der Waals surface area contributed by atoms with Crippen LogP contribution in [0.5, 0.6) is 0 Å². The molecule has 3 rings (SSSR count). The summed E-state index contributed by atoms with van der Waals surface area (Å²) < 4.78 is 1.51. The van der Waals surface area contributed by atoms with Crippen molar-refractivity contribution in [2.24, 2.45) is 0 Å². The SMILES string of the molecule is N#C/C(=C/c1ccccc1Cl)n1nnc2ccccc21. The first kappa shape index (κ1) is 12.4. The molecular formula is C15H9ClN4. The van der Waals surface area contributed by atoms with E-state index in [-0.39, 0.29) is 0 Å². The molecule has 4 nitrogen and oxygen atoms in total. The zero-order valence-electron chi connectivity index (χ0n) is 10.4. The van der Waals surface area contributed by atoms with Crippen LogP contribution in [0.3, 0.4) is 0 Å². The Bertz CT molecular complexity index is 842. The van der Waals surface area contributed by atoms with Gasteiger partial charge in [-0.2, -0.15) is 5.26 Å². The maximum Gasteiger partial charge on any atom is 0.145 e. The van der Waals surface area contributed by atoms with E-state index in [1.807, 2.05) is 42.5 Å². The molecule has 5 heteroatoms. The van der Waals surface area contributed by atoms with Gasteiger partial charge < -0.3 is 0 Å². The van der Waals surface area contributed by atoms with E-state index in [9.17, 15) is 5.26 Å². The van der Waals surface area contributed by atoms with Crippen molar-refractivity contribution >= 4 is 34.4 Å². The fourth-order valence-electron chi connectivity index (χ4n) is 1.93. The number of hydrogen-bond donors (Lipinski definition) is 0. The Hall–Kier alpha value is -2.64. The smallest absolute Gasteiger partial charge is 0.145 e. The summed E-state index contributed by atoms with van der Waals surface area (Å²) in [6, 6.07) is 17.0. The topological polar surface area (TPSA) is 54.5 Å². The van der Waals surface area contributed by atoms with E-state index in [1.165, 1.54) is 4.68 Å². The lowest BCUT2D eigenvalue weighted by Crippen LogP contribution is -1.97. The van der Waals surface area contributed by atoms with Crippen LogP contribution in [0.25, 0.3) is 22.8 Å². The molecule has 0 N–H and O–H groups in total. The summed E-state index contributed by atoms with van der Waals surface area (Å²) in [6.07, 6.45) is 1.70. The van der Waals surface area contributed by atoms with Crippen molar-refractivity contribution < 1.29 is 0 Å². The molecule has 0 amide bonds. The molecule has 0 aliphatic heterocycles. The lowest BCUT2D eigenvalue weighted by atomic mass is 10.2. The fourth-order valence-corrected chi connectivity index (χ4v) is 2.12. The second-order valence-corrected chi connectivity index (χ2v) is 4.56. The van der Waals surface area contributed by atoms with Gasteiger partial charge in [0.05, 0.1) is 5.52 Å². The first-order valence-electron chi connectivity index (χ1n) is 5.97. The van der Waals surface area contributed by atoms with Gasteiger partial charge in [-0.1, -0.05) is 47.1 Å². The summed E-state index contributed by atoms with van der Waals surface area (Å²) in [7, 11) is 0. The Labute approximate surface area is 120 Å². The third-order valence-electron chi connectivity index (χ3n) is 2.89. The molecule has 0 aliphatic rings. The van der Waals surface area contributed by atoms with Crippen LogP contribution < -0.4 is 0 Å². The van der Waals surface area contributed by atoms with E-state index in [1.54, 1.807) is 12.1 Å². The highest BCUT2D eigenvalue weighted by atomic mass is 35.5. The van der Waals surface area contributed by atoms with Crippen molar-refractivity contribution in [3.05, 3.63) is 59.1 Å². The average molecular weight is 281 g/mol. The van der Waals surface area contributed by atoms with Crippen molar-refractivity contribution in [1.29, 1.82) is 5.26 Å². The first-order chi connectivity index (χ1) is 9.79. The van der Waals surface area contributed by atoms with Crippen LogP contribution in [0.2, 0.25) is 5.02 Å². The molecule has 96 valence electrons. The lowest BCUT2D eigenvalue weighted by Gasteiger charge is -2.01. The number of halogens is 1. The predicted octanol–water partition coefficient (Wildman–Crippen LogP) is 3.61. The first-order valence-corrected chi connectivity index (χ1v) is 6.34. The molecule has 0 saturated carbocycles. The van der Waals surface area contributed by atoms with E-state index in [0.29, 0.717) is 10.7 Å². The number of para-hydroxylation sites is 1. The van der Waals surface area contributed by atoms with Gasteiger partial charge in [-0.25, -0.2) is 4.68 Å². The summed E-state index contributed by atoms with van der Waals surface area (Å²) in [5.74, 6) is 0. The fraction of sp³-hybridized carbons (Fsp3) is 0. The molecule has 3 aromatic rings. The van der Waals surface area contributed by atoms with Gasteiger partial charge >= 0.3 is 0 Å². The summed E-state index contributed by atoms with van der Waals surface area (Å²) in [6.45, 7) is 0. The number of aromatic nitrogens is 3. The number of nitrogens with zero attached hydrogens (tertiary/aromatic N) is 4. The third kappa shape index (κ3) is 2.15. The molecule has 0 spiro atoms. The van der Waals surface area contributed by atoms with Gasteiger partial charge in [-0.3, -0.25) is 0 Å². The summed E-state index contributed by atoms with van der Waals surface area (Å²) >= 11 is 6.11. The lowest BCUT2D eigenvalue weighted by molar-refractivity contribution is 0.848. The maximum absolute atomic E-state index is 9.36. The van der Waals surface area contributed by atoms with Crippen LogP contribution in [0.15, 0.2) is 48.5 Å². The summed E-state index contributed by atoms with van der Waals surface area (Å²) in [4.78, 5) is 0. The minimum absolute atomic E-state index is 0.367. The molecule has 20 heavy (non-hydrogen) atoms. The number of hydrogen-bond acceptors (Lipinski definition) is 3. The summed E-state index contributed by atoms with van der Waals surface area (Å²) in [5.41, 5.74) is 2.66. The number of rotatable bonds is 2. The van der Waals surface area contributed by atoms with Crippen molar-refractivity contribution in [2.45, 2.75) is 0 Å². The van der Waals surface area contributed by atoms with E-state index in [4.69, 9.17) is 11.6 Å². The van der Waals surface area contributed by atoms with E-state index in [0.717, 1.165) is 16.6 Å². The van der Waals surface area contributed by atoms with Crippen LogP contribution in [0.4, 0.5) is 0 Å². The molecule has 0 radical (unpaired) electrons. The van der Waals surface area contributed by atoms with Crippen LogP contribution in [-0.2, 0) is 0 Å². The third-order valence-corrected chi connectivity index (χ3v) is 3.24. The standard InChI is InChI=1S/C15H9ClN4/c16-13-6-2-1-5-11(13)9-12(10-17)20-15-8-4-3-7-14(15)18-19-20/h1-9H/b12-9-. The van der Waals surface area contributed by atoms with Crippen molar-refractivity contribution in [2.75, 3.05) is 0 Å². The highest BCUT2D eigenvalue weighted by Gasteiger charge is 2.08. The molecule has 1 heterocycles. The molecular weight excluding hydrogens is 272 g/mol. The van der Waals surface area contributed by atoms with Gasteiger partial charge in [0.15, 0.2) is 0 Å². The molecule has 0 aliphatic carbocycles. The number of fused-ring (bicyclic) bond motifs is 1. The van der Waals surface area contributed by atoms with Gasteiger partial charge in [0.2, 0.25) is 0 Å². The molecule has 0 saturated heterocycles. The molecule has 0 fully saturated rings. The zero-order chi connectivity index (χ0) is 13.9. The Kier molecular flexibility index (Phi) is 3.20. The summed E-state index contributed by atoms with van der Waals surface area (Å²) in [5, 5.41) is 18.0. The monoisotopic (exact) mass is 280 g/mol. The highest BCUT2D eigenvalue weighted by Crippen LogP contribution is 2.21. The predicted molar refractivity (Wildman–Crippen MR) is 78.8 cm³/mol. The Morgan fingerprint density at radius 3 is 2.70 bits per heavy atom. The number of nitriles is 1. The quantitative estimate of drug-likeness (QED) is 0.674. The van der Waals surface area contributed by atoms with E-state index in [2.05, 4.69) is 16.4 Å². The van der Waals surface area contributed by atoms with E-state index < -0.39 is 0 Å². The van der Waals surface area contributed by atoms with Crippen molar-refractivity contribution in [3.8, 4) is 6.07 Å². The number of allylic oxidation sites excluding steroid dienone is 1. The van der Waals surface area contributed by atoms with Crippen molar-refractivity contribution in [3.63, 3.8) is 0 Å².